The summed E-state index contributed by atoms with van der Waals surface area (Å²) in [5.74, 6) is -0.00846. The van der Waals surface area contributed by atoms with Crippen LogP contribution in [0, 0.1) is 6.92 Å². The molecule has 0 atom stereocenters. The zero-order chi connectivity index (χ0) is 19.4. The average molecular weight is 381 g/mol. The van der Waals surface area contributed by atoms with Crippen LogP contribution < -0.4 is 0 Å². The lowest BCUT2D eigenvalue weighted by Gasteiger charge is -2.16. The first kappa shape index (κ1) is 19.4. The van der Waals surface area contributed by atoms with Crippen molar-refractivity contribution in [3.63, 3.8) is 0 Å². The number of rotatable bonds is 6. The number of likely N-dealkylation sites (N-methyl/N-ethyl adjacent to an activating group) is 1. The van der Waals surface area contributed by atoms with Crippen molar-refractivity contribution in [2.24, 2.45) is 0 Å². The number of fused-ring (bicyclic) bond motifs is 1. The van der Waals surface area contributed by atoms with Crippen LogP contribution in [0.3, 0.4) is 0 Å². The molecule has 3 aromatic rings. The van der Waals surface area contributed by atoms with Gasteiger partial charge in [-0.15, -0.1) is 11.8 Å². The Balaban J connectivity index is 1.89. The first-order valence-corrected chi connectivity index (χ1v) is 10.1. The van der Waals surface area contributed by atoms with E-state index in [9.17, 15) is 4.79 Å². The predicted molar refractivity (Wildman–Crippen MR) is 113 cm³/mol. The average Bonchev–Trinajstić information content (AvgIpc) is 2.71. The number of pyridine rings is 1. The summed E-state index contributed by atoms with van der Waals surface area (Å²) in [7, 11) is 3.42. The Bertz CT molecular complexity index is 954. The lowest BCUT2D eigenvalue weighted by atomic mass is 10.0. The number of hydrogen-bond acceptors (Lipinski definition) is 4. The number of thioether (sulfide) groups is 1. The molecule has 0 saturated carbocycles. The fourth-order valence-corrected chi connectivity index (χ4v) is 3.42. The molecule has 1 heterocycles. The summed E-state index contributed by atoms with van der Waals surface area (Å²) in [6.45, 7) is 3.20. The highest BCUT2D eigenvalue weighted by atomic mass is 32.2. The maximum Gasteiger partial charge on any atom is 0.253 e. The normalized spacial score (nSPS) is 11.0. The molecule has 0 aliphatic rings. The highest BCUT2D eigenvalue weighted by Crippen LogP contribution is 2.27. The van der Waals surface area contributed by atoms with Crippen LogP contribution >= 0.6 is 11.8 Å². The van der Waals surface area contributed by atoms with E-state index >= 15 is 0 Å². The number of carbonyl (C=O) groups is 1. The van der Waals surface area contributed by atoms with Crippen LogP contribution in [0.15, 0.2) is 53.4 Å². The topological polar surface area (TPSA) is 42.4 Å². The zero-order valence-electron chi connectivity index (χ0n) is 16.2. The van der Waals surface area contributed by atoms with Gasteiger partial charge >= 0.3 is 0 Å². The molecule has 4 nitrogen and oxygen atoms in total. The molecule has 0 saturated heterocycles. The number of hydrogen-bond donors (Lipinski definition) is 0. The number of ether oxygens (including phenoxy) is 1. The summed E-state index contributed by atoms with van der Waals surface area (Å²) in [6, 6.07) is 16.1. The molecule has 1 amide bonds. The predicted octanol–water partition coefficient (Wildman–Crippen LogP) is 4.65. The molecule has 0 aliphatic heterocycles. The molecule has 0 spiro atoms. The molecule has 2 aromatic carbocycles. The number of aryl methyl sites for hydroxylation is 1. The summed E-state index contributed by atoms with van der Waals surface area (Å²) in [5.41, 5.74) is 4.79. The van der Waals surface area contributed by atoms with Gasteiger partial charge in [-0.25, -0.2) is 4.98 Å². The molecule has 0 N–H and O–H groups in total. The summed E-state index contributed by atoms with van der Waals surface area (Å²) < 4.78 is 5.03. The van der Waals surface area contributed by atoms with Crippen LogP contribution in [0.1, 0.15) is 15.9 Å². The number of methoxy groups -OCH3 is 1. The SMILES string of the molecule is COCCN(C)C(=O)c1ccc(-c2cc(C)c3ccc(SC)cc3n2)cc1. The van der Waals surface area contributed by atoms with E-state index in [1.165, 1.54) is 15.8 Å². The molecule has 140 valence electrons. The molecular formula is C22H24N2O2S. The maximum atomic E-state index is 12.5. The van der Waals surface area contributed by atoms with Crippen molar-refractivity contribution in [1.29, 1.82) is 0 Å². The maximum absolute atomic E-state index is 12.5. The number of benzene rings is 2. The van der Waals surface area contributed by atoms with Gasteiger partial charge in [0.1, 0.15) is 0 Å². The quantitative estimate of drug-likeness (QED) is 0.584. The second kappa shape index (κ2) is 8.55. The van der Waals surface area contributed by atoms with Gasteiger partial charge in [0.2, 0.25) is 0 Å². The summed E-state index contributed by atoms with van der Waals surface area (Å²) in [4.78, 5) is 20.2. The van der Waals surface area contributed by atoms with Gasteiger partial charge in [-0.1, -0.05) is 18.2 Å². The molecule has 0 aliphatic carbocycles. The van der Waals surface area contributed by atoms with Gasteiger partial charge < -0.3 is 9.64 Å². The van der Waals surface area contributed by atoms with Crippen molar-refractivity contribution in [3.05, 3.63) is 59.7 Å². The van der Waals surface area contributed by atoms with Gasteiger partial charge in [0.25, 0.3) is 5.91 Å². The fourth-order valence-electron chi connectivity index (χ4n) is 2.99. The Morgan fingerprint density at radius 3 is 2.56 bits per heavy atom. The molecule has 27 heavy (non-hydrogen) atoms. The lowest BCUT2D eigenvalue weighted by molar-refractivity contribution is 0.0744. The van der Waals surface area contributed by atoms with Crippen molar-refractivity contribution in [2.45, 2.75) is 11.8 Å². The van der Waals surface area contributed by atoms with Crippen LogP contribution in [-0.4, -0.2) is 49.4 Å². The van der Waals surface area contributed by atoms with Crippen molar-refractivity contribution in [3.8, 4) is 11.3 Å². The van der Waals surface area contributed by atoms with E-state index in [1.807, 2.05) is 24.3 Å². The Morgan fingerprint density at radius 2 is 1.89 bits per heavy atom. The van der Waals surface area contributed by atoms with Gasteiger partial charge in [-0.3, -0.25) is 4.79 Å². The van der Waals surface area contributed by atoms with Crippen molar-refractivity contribution < 1.29 is 9.53 Å². The number of nitrogens with zero attached hydrogens (tertiary/aromatic N) is 2. The Kier molecular flexibility index (Phi) is 6.14. The van der Waals surface area contributed by atoms with E-state index in [4.69, 9.17) is 9.72 Å². The highest BCUT2D eigenvalue weighted by Gasteiger charge is 2.12. The first-order valence-electron chi connectivity index (χ1n) is 8.83. The lowest BCUT2D eigenvalue weighted by Crippen LogP contribution is -2.29. The smallest absolute Gasteiger partial charge is 0.253 e. The summed E-state index contributed by atoms with van der Waals surface area (Å²) >= 11 is 1.71. The molecule has 0 radical (unpaired) electrons. The monoisotopic (exact) mass is 380 g/mol. The highest BCUT2D eigenvalue weighted by molar-refractivity contribution is 7.98. The number of amides is 1. The van der Waals surface area contributed by atoms with Crippen molar-refractivity contribution in [2.75, 3.05) is 33.6 Å². The summed E-state index contributed by atoms with van der Waals surface area (Å²) in [6.07, 6.45) is 2.07. The minimum absolute atomic E-state index is 0.00846. The third-order valence-electron chi connectivity index (χ3n) is 4.63. The van der Waals surface area contributed by atoms with Crippen LogP contribution in [-0.2, 0) is 4.74 Å². The van der Waals surface area contributed by atoms with Gasteiger partial charge in [0.15, 0.2) is 0 Å². The van der Waals surface area contributed by atoms with E-state index in [2.05, 4.69) is 37.4 Å². The van der Waals surface area contributed by atoms with E-state index < -0.39 is 0 Å². The second-order valence-electron chi connectivity index (χ2n) is 6.50. The molecule has 0 unspecified atom stereocenters. The first-order chi connectivity index (χ1) is 13.0. The Hall–Kier alpha value is -2.37. The minimum Gasteiger partial charge on any atom is -0.383 e. The third kappa shape index (κ3) is 4.31. The second-order valence-corrected chi connectivity index (χ2v) is 7.38. The van der Waals surface area contributed by atoms with Crippen LogP contribution in [0.5, 0.6) is 0 Å². The van der Waals surface area contributed by atoms with Crippen LogP contribution in [0.25, 0.3) is 22.2 Å². The van der Waals surface area contributed by atoms with Gasteiger partial charge in [-0.2, -0.15) is 0 Å². The molecule has 1 aromatic heterocycles. The van der Waals surface area contributed by atoms with Gasteiger partial charge in [0, 0.05) is 42.1 Å². The number of carbonyl (C=O) groups excluding carboxylic acids is 1. The summed E-state index contributed by atoms with van der Waals surface area (Å²) in [5, 5.41) is 1.17. The number of aromatic nitrogens is 1. The largest absolute Gasteiger partial charge is 0.383 e. The van der Waals surface area contributed by atoms with E-state index in [0.29, 0.717) is 18.7 Å². The van der Waals surface area contributed by atoms with Gasteiger partial charge in [0.05, 0.1) is 17.8 Å². The van der Waals surface area contributed by atoms with Crippen molar-refractivity contribution in [1.82, 2.24) is 9.88 Å². The Labute approximate surface area is 164 Å². The van der Waals surface area contributed by atoms with Crippen molar-refractivity contribution >= 4 is 28.6 Å². The van der Waals surface area contributed by atoms with Crippen LogP contribution in [0.2, 0.25) is 0 Å². The molecular weight excluding hydrogens is 356 g/mol. The third-order valence-corrected chi connectivity index (χ3v) is 5.35. The zero-order valence-corrected chi connectivity index (χ0v) is 17.0. The van der Waals surface area contributed by atoms with E-state index in [1.54, 1.807) is 30.8 Å². The molecule has 0 fully saturated rings. The standard InChI is InChI=1S/C22H24N2O2S/c1-15-13-20(23-21-14-18(27-4)9-10-19(15)21)16-5-7-17(8-6-16)22(25)24(2)11-12-26-3/h5-10,13-14H,11-12H2,1-4H3. The molecule has 0 bridgehead atoms. The van der Waals surface area contributed by atoms with E-state index in [-0.39, 0.29) is 5.91 Å². The van der Waals surface area contributed by atoms with Crippen LogP contribution in [0.4, 0.5) is 0 Å². The molecule has 3 rings (SSSR count). The van der Waals surface area contributed by atoms with E-state index in [0.717, 1.165) is 16.8 Å². The van der Waals surface area contributed by atoms with Gasteiger partial charge in [-0.05, 0) is 49.1 Å². The Morgan fingerprint density at radius 1 is 1.15 bits per heavy atom. The minimum atomic E-state index is -0.00846. The molecule has 5 heteroatoms. The fraction of sp³-hybridized carbons (Fsp3) is 0.273.